The van der Waals surface area contributed by atoms with Gasteiger partial charge in [-0.2, -0.15) is 12.6 Å². The topological polar surface area (TPSA) is 57.5 Å². The second-order valence-electron chi connectivity index (χ2n) is 5.04. The molecular weight excluding hydrogens is 267 g/mol. The van der Waals surface area contributed by atoms with Crippen LogP contribution in [0.4, 0.5) is 0 Å². The standard InChI is InChI=1S/C13H29O3PS/c1-2-3-4-5-6-7-8-9-10-11-12-13(18)17(14,15)16/h13,18H,2-12H2,1H3,(H2,14,15,16). The normalized spacial score (nSPS) is 13.8. The van der Waals surface area contributed by atoms with Crippen molar-refractivity contribution >= 4 is 20.2 Å². The summed E-state index contributed by atoms with van der Waals surface area (Å²) in [5, 5.41) is 0. The van der Waals surface area contributed by atoms with Crippen LogP contribution in [0.1, 0.15) is 77.6 Å². The van der Waals surface area contributed by atoms with E-state index in [1.54, 1.807) is 0 Å². The van der Waals surface area contributed by atoms with Crippen molar-refractivity contribution in [2.24, 2.45) is 0 Å². The molecule has 0 fully saturated rings. The van der Waals surface area contributed by atoms with Crippen molar-refractivity contribution in [2.45, 2.75) is 82.5 Å². The van der Waals surface area contributed by atoms with Crippen LogP contribution in [0.5, 0.6) is 0 Å². The van der Waals surface area contributed by atoms with E-state index in [-0.39, 0.29) is 0 Å². The lowest BCUT2D eigenvalue weighted by molar-refractivity contribution is 0.366. The highest BCUT2D eigenvalue weighted by molar-refractivity contribution is 7.89. The maximum atomic E-state index is 10.8. The first-order valence-corrected chi connectivity index (χ1v) is 9.41. The van der Waals surface area contributed by atoms with Gasteiger partial charge in [0.2, 0.25) is 0 Å². The molecule has 0 radical (unpaired) electrons. The fourth-order valence-corrected chi connectivity index (χ4v) is 2.68. The van der Waals surface area contributed by atoms with Crippen molar-refractivity contribution in [1.82, 2.24) is 0 Å². The summed E-state index contributed by atoms with van der Waals surface area (Å²) in [6, 6.07) is 0. The predicted molar refractivity (Wildman–Crippen MR) is 81.3 cm³/mol. The fourth-order valence-electron chi connectivity index (χ4n) is 1.98. The minimum atomic E-state index is -3.97. The van der Waals surface area contributed by atoms with Gasteiger partial charge in [-0.05, 0) is 6.42 Å². The van der Waals surface area contributed by atoms with Crippen molar-refractivity contribution < 1.29 is 14.4 Å². The first kappa shape index (κ1) is 18.5. The second-order valence-corrected chi connectivity index (χ2v) is 7.87. The molecule has 0 amide bonds. The van der Waals surface area contributed by atoms with E-state index >= 15 is 0 Å². The summed E-state index contributed by atoms with van der Waals surface area (Å²) < 4.78 is 10.8. The van der Waals surface area contributed by atoms with E-state index in [1.165, 1.54) is 51.4 Å². The Kier molecular flexibility index (Phi) is 11.7. The lowest BCUT2D eigenvalue weighted by Crippen LogP contribution is -1.99. The monoisotopic (exact) mass is 296 g/mol. The molecule has 0 saturated heterocycles. The molecule has 110 valence electrons. The van der Waals surface area contributed by atoms with E-state index in [2.05, 4.69) is 19.6 Å². The molecule has 0 aliphatic rings. The predicted octanol–water partition coefficient (Wildman–Crippen LogP) is 4.73. The number of thiol groups is 1. The van der Waals surface area contributed by atoms with Crippen LogP contribution < -0.4 is 0 Å². The SMILES string of the molecule is CCCCCCCCCCCCC(S)P(=O)(O)O. The van der Waals surface area contributed by atoms with E-state index < -0.39 is 12.6 Å². The lowest BCUT2D eigenvalue weighted by Gasteiger charge is -2.11. The van der Waals surface area contributed by atoms with E-state index in [0.717, 1.165) is 12.8 Å². The summed E-state index contributed by atoms with van der Waals surface area (Å²) in [6.45, 7) is 2.23. The Morgan fingerprint density at radius 3 is 1.67 bits per heavy atom. The molecule has 0 aliphatic heterocycles. The Hall–Kier alpha value is 0.500. The average Bonchev–Trinajstić information content (AvgIpc) is 2.30. The smallest absolute Gasteiger partial charge is 0.324 e. The summed E-state index contributed by atoms with van der Waals surface area (Å²) in [6.07, 6.45) is 12.9. The summed E-state index contributed by atoms with van der Waals surface area (Å²) in [4.78, 5) is 17.0. The van der Waals surface area contributed by atoms with Crippen molar-refractivity contribution in [3.63, 3.8) is 0 Å². The quantitative estimate of drug-likeness (QED) is 0.277. The summed E-state index contributed by atoms with van der Waals surface area (Å²) >= 11 is 3.94. The van der Waals surface area contributed by atoms with Crippen LogP contribution in [-0.4, -0.2) is 14.8 Å². The zero-order chi connectivity index (χ0) is 13.9. The molecule has 0 rings (SSSR count). The number of unbranched alkanes of at least 4 members (excludes halogenated alkanes) is 9. The van der Waals surface area contributed by atoms with Crippen LogP contribution in [0, 0.1) is 0 Å². The third-order valence-corrected chi connectivity index (χ3v) is 5.40. The van der Waals surface area contributed by atoms with Crippen LogP contribution in [0.3, 0.4) is 0 Å². The van der Waals surface area contributed by atoms with Gasteiger partial charge in [-0.25, -0.2) is 0 Å². The van der Waals surface area contributed by atoms with E-state index in [4.69, 9.17) is 9.79 Å². The molecule has 1 atom stereocenters. The van der Waals surface area contributed by atoms with Gasteiger partial charge >= 0.3 is 7.60 Å². The van der Waals surface area contributed by atoms with Gasteiger partial charge in [-0.1, -0.05) is 71.1 Å². The molecule has 0 heterocycles. The molecule has 18 heavy (non-hydrogen) atoms. The largest absolute Gasteiger partial charge is 0.338 e. The van der Waals surface area contributed by atoms with Crippen molar-refractivity contribution in [1.29, 1.82) is 0 Å². The minimum absolute atomic E-state index is 0.518. The van der Waals surface area contributed by atoms with Gasteiger partial charge in [-0.15, -0.1) is 0 Å². The fraction of sp³-hybridized carbons (Fsp3) is 1.00. The minimum Gasteiger partial charge on any atom is -0.324 e. The maximum Gasteiger partial charge on any atom is 0.338 e. The first-order valence-electron chi connectivity index (χ1n) is 7.21. The van der Waals surface area contributed by atoms with E-state index in [1.807, 2.05) is 0 Å². The Morgan fingerprint density at radius 1 is 0.889 bits per heavy atom. The third kappa shape index (κ3) is 11.6. The van der Waals surface area contributed by atoms with Gasteiger partial charge < -0.3 is 9.79 Å². The average molecular weight is 296 g/mol. The molecule has 0 aromatic carbocycles. The molecule has 0 bridgehead atoms. The van der Waals surface area contributed by atoms with Gasteiger partial charge in [0, 0.05) is 0 Å². The van der Waals surface area contributed by atoms with Gasteiger partial charge in [0.15, 0.2) is 0 Å². The second kappa shape index (κ2) is 11.3. The first-order chi connectivity index (χ1) is 8.48. The Bertz CT molecular complexity index is 230. The molecule has 2 N–H and O–H groups in total. The Balaban J connectivity index is 3.19. The van der Waals surface area contributed by atoms with Crippen molar-refractivity contribution in [3.05, 3.63) is 0 Å². The summed E-state index contributed by atoms with van der Waals surface area (Å²) in [5.41, 5.74) is 0. The highest BCUT2D eigenvalue weighted by atomic mass is 32.1. The molecule has 0 spiro atoms. The summed E-state index contributed by atoms with van der Waals surface area (Å²) in [7, 11) is -3.97. The van der Waals surface area contributed by atoms with Gasteiger partial charge in [-0.3, -0.25) is 4.57 Å². The number of hydrogen-bond acceptors (Lipinski definition) is 2. The van der Waals surface area contributed by atoms with Crippen LogP contribution in [0.25, 0.3) is 0 Å². The Labute approximate surface area is 117 Å². The summed E-state index contributed by atoms with van der Waals surface area (Å²) in [5.74, 6) is 0. The highest BCUT2D eigenvalue weighted by Crippen LogP contribution is 2.45. The lowest BCUT2D eigenvalue weighted by atomic mass is 10.1. The number of rotatable bonds is 12. The molecule has 0 aromatic rings. The maximum absolute atomic E-state index is 10.8. The zero-order valence-corrected chi connectivity index (χ0v) is 13.3. The van der Waals surface area contributed by atoms with Crippen LogP contribution in [-0.2, 0) is 4.57 Å². The molecule has 3 nitrogen and oxygen atoms in total. The van der Waals surface area contributed by atoms with Crippen LogP contribution in [0.15, 0.2) is 0 Å². The van der Waals surface area contributed by atoms with Gasteiger partial charge in [0.05, 0.1) is 0 Å². The van der Waals surface area contributed by atoms with Crippen molar-refractivity contribution in [2.75, 3.05) is 0 Å². The van der Waals surface area contributed by atoms with E-state index in [0.29, 0.717) is 6.42 Å². The van der Waals surface area contributed by atoms with Gasteiger partial charge in [0.1, 0.15) is 4.99 Å². The van der Waals surface area contributed by atoms with Crippen molar-refractivity contribution in [3.8, 4) is 0 Å². The van der Waals surface area contributed by atoms with E-state index in [9.17, 15) is 4.57 Å². The van der Waals surface area contributed by atoms with Crippen LogP contribution >= 0.6 is 20.2 Å². The molecule has 0 aliphatic carbocycles. The Morgan fingerprint density at radius 2 is 1.28 bits per heavy atom. The number of hydrogen-bond donors (Lipinski definition) is 3. The molecule has 0 saturated carbocycles. The van der Waals surface area contributed by atoms with Gasteiger partial charge in [0.25, 0.3) is 0 Å². The van der Waals surface area contributed by atoms with Crippen LogP contribution in [0.2, 0.25) is 0 Å². The molecule has 5 heteroatoms. The highest BCUT2D eigenvalue weighted by Gasteiger charge is 2.23. The molecular formula is C13H29O3PS. The molecule has 0 aromatic heterocycles. The molecule has 1 unspecified atom stereocenters. The third-order valence-electron chi connectivity index (χ3n) is 3.20. The zero-order valence-electron chi connectivity index (χ0n) is 11.6.